The number of benzene rings is 2. The predicted octanol–water partition coefficient (Wildman–Crippen LogP) is 3.24. The van der Waals surface area contributed by atoms with E-state index < -0.39 is 23.4 Å². The molecule has 1 fully saturated rings. The summed E-state index contributed by atoms with van der Waals surface area (Å²) >= 11 is 0. The van der Waals surface area contributed by atoms with E-state index in [0.29, 0.717) is 11.3 Å². The van der Waals surface area contributed by atoms with Crippen LogP contribution in [0.5, 0.6) is 0 Å². The van der Waals surface area contributed by atoms with Gasteiger partial charge in [0.05, 0.1) is 18.4 Å². The van der Waals surface area contributed by atoms with E-state index in [0.717, 1.165) is 6.07 Å². The Morgan fingerprint density at radius 3 is 2.18 bits per heavy atom. The molecule has 2 amide bonds. The standard InChI is InChI=1S/C19H18F3N3O3/c1-28-18(26)12-2-4-13(5-3-12)23-19(27)25-10-8-24(9-11-25)15-7-6-14(20)16(21)17(15)22/h2-7H,8-11H2,1H3,(H,23,27). The molecule has 0 unspecified atom stereocenters. The number of halogens is 3. The second kappa shape index (κ2) is 8.20. The van der Waals surface area contributed by atoms with Crippen LogP contribution in [-0.2, 0) is 4.74 Å². The van der Waals surface area contributed by atoms with Crippen molar-refractivity contribution in [3.63, 3.8) is 0 Å². The first kappa shape index (κ1) is 19.5. The first-order valence-electron chi connectivity index (χ1n) is 8.53. The maximum atomic E-state index is 13.9. The van der Waals surface area contributed by atoms with Crippen molar-refractivity contribution < 1.29 is 27.5 Å². The van der Waals surface area contributed by atoms with Crippen molar-refractivity contribution >= 4 is 23.4 Å². The fourth-order valence-electron chi connectivity index (χ4n) is 2.92. The minimum Gasteiger partial charge on any atom is -0.465 e. The van der Waals surface area contributed by atoms with Crippen LogP contribution >= 0.6 is 0 Å². The van der Waals surface area contributed by atoms with Gasteiger partial charge in [0, 0.05) is 31.9 Å². The molecule has 1 N–H and O–H groups in total. The maximum absolute atomic E-state index is 13.9. The molecule has 0 radical (unpaired) electrons. The summed E-state index contributed by atoms with van der Waals surface area (Å²) < 4.78 is 45.0. The monoisotopic (exact) mass is 393 g/mol. The number of nitrogens with one attached hydrogen (secondary N) is 1. The van der Waals surface area contributed by atoms with Crippen molar-refractivity contribution in [1.82, 2.24) is 4.90 Å². The molecule has 148 valence electrons. The Kier molecular flexibility index (Phi) is 5.72. The molecule has 0 aromatic heterocycles. The summed E-state index contributed by atoms with van der Waals surface area (Å²) in [4.78, 5) is 26.9. The van der Waals surface area contributed by atoms with Gasteiger partial charge < -0.3 is 19.9 Å². The highest BCUT2D eigenvalue weighted by molar-refractivity contribution is 5.92. The fraction of sp³-hybridized carbons (Fsp3) is 0.263. The van der Waals surface area contributed by atoms with Gasteiger partial charge in [-0.25, -0.2) is 22.8 Å². The molecule has 2 aromatic carbocycles. The number of hydrogen-bond acceptors (Lipinski definition) is 4. The van der Waals surface area contributed by atoms with Gasteiger partial charge in [-0.1, -0.05) is 0 Å². The quantitative estimate of drug-likeness (QED) is 0.643. The van der Waals surface area contributed by atoms with Crippen LogP contribution in [0.1, 0.15) is 10.4 Å². The molecule has 1 heterocycles. The van der Waals surface area contributed by atoms with Gasteiger partial charge in [0.15, 0.2) is 17.5 Å². The third-order valence-corrected chi connectivity index (χ3v) is 4.48. The Labute approximate surface area is 159 Å². The lowest BCUT2D eigenvalue weighted by molar-refractivity contribution is 0.0600. The smallest absolute Gasteiger partial charge is 0.337 e. The molecule has 28 heavy (non-hydrogen) atoms. The van der Waals surface area contributed by atoms with E-state index in [-0.39, 0.29) is 37.9 Å². The number of amides is 2. The lowest BCUT2D eigenvalue weighted by Crippen LogP contribution is -2.50. The number of hydrogen-bond donors (Lipinski definition) is 1. The minimum atomic E-state index is -1.51. The van der Waals surface area contributed by atoms with E-state index in [4.69, 9.17) is 0 Å². The zero-order valence-electron chi connectivity index (χ0n) is 15.0. The highest BCUT2D eigenvalue weighted by Crippen LogP contribution is 2.24. The zero-order valence-corrected chi connectivity index (χ0v) is 15.0. The molecule has 0 spiro atoms. The number of methoxy groups -OCH3 is 1. The summed E-state index contributed by atoms with van der Waals surface area (Å²) in [5.74, 6) is -4.45. The van der Waals surface area contributed by atoms with E-state index in [9.17, 15) is 22.8 Å². The Morgan fingerprint density at radius 1 is 0.929 bits per heavy atom. The zero-order chi connectivity index (χ0) is 20.3. The second-order valence-corrected chi connectivity index (χ2v) is 6.17. The largest absolute Gasteiger partial charge is 0.465 e. The topological polar surface area (TPSA) is 61.9 Å². The predicted molar refractivity (Wildman–Crippen MR) is 96.9 cm³/mol. The van der Waals surface area contributed by atoms with Gasteiger partial charge in [-0.3, -0.25) is 0 Å². The van der Waals surface area contributed by atoms with Crippen molar-refractivity contribution in [2.24, 2.45) is 0 Å². The molecule has 2 aromatic rings. The van der Waals surface area contributed by atoms with Crippen LogP contribution in [0.25, 0.3) is 0 Å². The number of carbonyl (C=O) groups excluding carboxylic acids is 2. The number of rotatable bonds is 3. The molecular weight excluding hydrogens is 375 g/mol. The average Bonchev–Trinajstić information content (AvgIpc) is 2.72. The molecule has 0 aliphatic carbocycles. The van der Waals surface area contributed by atoms with Crippen molar-refractivity contribution in [1.29, 1.82) is 0 Å². The van der Waals surface area contributed by atoms with Crippen LogP contribution in [0.3, 0.4) is 0 Å². The third-order valence-electron chi connectivity index (χ3n) is 4.48. The number of piperazine rings is 1. The normalized spacial score (nSPS) is 14.0. The first-order chi connectivity index (χ1) is 13.4. The lowest BCUT2D eigenvalue weighted by Gasteiger charge is -2.36. The van der Waals surface area contributed by atoms with Gasteiger partial charge in [-0.2, -0.15) is 0 Å². The molecule has 0 saturated carbocycles. The van der Waals surface area contributed by atoms with E-state index in [1.807, 2.05) is 0 Å². The Balaban J connectivity index is 1.58. The van der Waals surface area contributed by atoms with Crippen LogP contribution in [0.4, 0.5) is 29.3 Å². The van der Waals surface area contributed by atoms with Crippen molar-refractivity contribution in [3.8, 4) is 0 Å². The van der Waals surface area contributed by atoms with E-state index in [1.165, 1.54) is 30.2 Å². The van der Waals surface area contributed by atoms with Gasteiger partial charge in [-0.15, -0.1) is 0 Å². The van der Waals surface area contributed by atoms with Gasteiger partial charge in [0.25, 0.3) is 0 Å². The van der Waals surface area contributed by atoms with Gasteiger partial charge in [0.2, 0.25) is 0 Å². The maximum Gasteiger partial charge on any atom is 0.337 e. The summed E-state index contributed by atoms with van der Waals surface area (Å²) in [5, 5.41) is 2.71. The first-order valence-corrected chi connectivity index (χ1v) is 8.53. The van der Waals surface area contributed by atoms with Crippen LogP contribution in [0.15, 0.2) is 36.4 Å². The van der Waals surface area contributed by atoms with E-state index in [2.05, 4.69) is 10.1 Å². The third kappa shape index (κ3) is 4.03. The molecular formula is C19H18F3N3O3. The Hall–Kier alpha value is -3.23. The molecule has 1 saturated heterocycles. The lowest BCUT2D eigenvalue weighted by atomic mass is 10.2. The van der Waals surface area contributed by atoms with Crippen LogP contribution < -0.4 is 10.2 Å². The summed E-state index contributed by atoms with van der Waals surface area (Å²) in [7, 11) is 1.28. The molecule has 6 nitrogen and oxygen atoms in total. The van der Waals surface area contributed by atoms with E-state index in [1.54, 1.807) is 17.0 Å². The average molecular weight is 393 g/mol. The fourth-order valence-corrected chi connectivity index (χ4v) is 2.92. The number of carbonyl (C=O) groups is 2. The SMILES string of the molecule is COC(=O)c1ccc(NC(=O)N2CCN(c3ccc(F)c(F)c3F)CC2)cc1. The molecule has 0 bridgehead atoms. The van der Waals surface area contributed by atoms with Crippen molar-refractivity contribution in [2.75, 3.05) is 43.5 Å². The van der Waals surface area contributed by atoms with E-state index >= 15 is 0 Å². The Morgan fingerprint density at radius 2 is 1.57 bits per heavy atom. The van der Waals surface area contributed by atoms with Gasteiger partial charge in [0.1, 0.15) is 0 Å². The van der Waals surface area contributed by atoms with Crippen LogP contribution in [0.2, 0.25) is 0 Å². The highest BCUT2D eigenvalue weighted by Gasteiger charge is 2.25. The van der Waals surface area contributed by atoms with Gasteiger partial charge >= 0.3 is 12.0 Å². The van der Waals surface area contributed by atoms with Crippen LogP contribution in [-0.4, -0.2) is 50.2 Å². The molecule has 3 rings (SSSR count). The number of urea groups is 1. The summed E-state index contributed by atoms with van der Waals surface area (Å²) in [5.41, 5.74) is 0.840. The summed E-state index contributed by atoms with van der Waals surface area (Å²) in [6.45, 7) is 1.11. The minimum absolute atomic E-state index is 0.0302. The molecule has 1 aliphatic rings. The number of nitrogens with zero attached hydrogens (tertiary/aromatic N) is 2. The Bertz CT molecular complexity index is 882. The van der Waals surface area contributed by atoms with Crippen LogP contribution in [0, 0.1) is 17.5 Å². The molecule has 1 aliphatic heterocycles. The second-order valence-electron chi connectivity index (χ2n) is 6.17. The molecule has 9 heteroatoms. The van der Waals surface area contributed by atoms with Gasteiger partial charge in [-0.05, 0) is 36.4 Å². The summed E-state index contributed by atoms with van der Waals surface area (Å²) in [6.07, 6.45) is 0. The molecule has 0 atom stereocenters. The highest BCUT2D eigenvalue weighted by atomic mass is 19.2. The number of esters is 1. The number of anilines is 2. The van der Waals surface area contributed by atoms with Crippen molar-refractivity contribution in [3.05, 3.63) is 59.4 Å². The number of ether oxygens (including phenoxy) is 1. The summed E-state index contributed by atoms with van der Waals surface area (Å²) in [6, 6.07) is 7.94. The van der Waals surface area contributed by atoms with Crippen molar-refractivity contribution in [2.45, 2.75) is 0 Å².